The number of ether oxygens (including phenoxy) is 1. The number of para-hydroxylation sites is 1. The molecule has 0 atom stereocenters. The average Bonchev–Trinajstić information content (AvgIpc) is 2.53. The van der Waals surface area contributed by atoms with Crippen LogP contribution >= 0.6 is 15.9 Å². The van der Waals surface area contributed by atoms with Crippen LogP contribution in [0.4, 0.5) is 5.69 Å². The Bertz CT molecular complexity index is 852. The molecule has 23 heavy (non-hydrogen) atoms. The molecule has 0 saturated heterocycles. The number of primary amides is 1. The van der Waals surface area contributed by atoms with Crippen LogP contribution in [0, 0.1) is 0 Å². The van der Waals surface area contributed by atoms with Crippen LogP contribution in [0.5, 0.6) is 5.75 Å². The van der Waals surface area contributed by atoms with Crippen molar-refractivity contribution < 1.29 is 17.9 Å². The molecule has 2 aromatic rings. The zero-order valence-corrected chi connectivity index (χ0v) is 14.9. The van der Waals surface area contributed by atoms with Crippen molar-refractivity contribution in [1.82, 2.24) is 0 Å². The van der Waals surface area contributed by atoms with Gasteiger partial charge in [0.15, 0.2) is 0 Å². The maximum atomic E-state index is 12.8. The minimum Gasteiger partial charge on any atom is -0.496 e. The van der Waals surface area contributed by atoms with E-state index in [4.69, 9.17) is 10.5 Å². The van der Waals surface area contributed by atoms with Crippen LogP contribution in [0.15, 0.2) is 51.8 Å². The predicted octanol–water partition coefficient (Wildman–Crippen LogP) is 2.38. The Labute approximate surface area is 143 Å². The van der Waals surface area contributed by atoms with Crippen molar-refractivity contribution in [2.75, 3.05) is 18.5 Å². The molecule has 0 radical (unpaired) electrons. The van der Waals surface area contributed by atoms with Gasteiger partial charge in [-0.05, 0) is 46.3 Å². The summed E-state index contributed by atoms with van der Waals surface area (Å²) in [4.78, 5) is 11.6. The Kier molecular flexibility index (Phi) is 4.96. The first-order valence-electron chi connectivity index (χ1n) is 6.50. The maximum absolute atomic E-state index is 12.8. The molecule has 0 bridgehead atoms. The number of benzene rings is 2. The van der Waals surface area contributed by atoms with Gasteiger partial charge >= 0.3 is 0 Å². The summed E-state index contributed by atoms with van der Waals surface area (Å²) < 4.78 is 32.2. The number of nitrogens with two attached hydrogens (primary N) is 1. The third-order valence-corrected chi connectivity index (χ3v) is 5.68. The van der Waals surface area contributed by atoms with E-state index in [9.17, 15) is 13.2 Å². The number of methoxy groups -OCH3 is 1. The average molecular weight is 399 g/mol. The summed E-state index contributed by atoms with van der Waals surface area (Å²) in [7, 11) is -0.996. The van der Waals surface area contributed by atoms with E-state index in [1.165, 1.54) is 38.4 Å². The van der Waals surface area contributed by atoms with Gasteiger partial charge in [-0.2, -0.15) is 0 Å². The number of nitrogens with zero attached hydrogens (tertiary/aromatic N) is 1. The van der Waals surface area contributed by atoms with Gasteiger partial charge in [-0.3, -0.25) is 9.10 Å². The van der Waals surface area contributed by atoms with Crippen molar-refractivity contribution in [2.45, 2.75) is 4.90 Å². The van der Waals surface area contributed by atoms with Crippen molar-refractivity contribution >= 4 is 37.5 Å². The van der Waals surface area contributed by atoms with E-state index < -0.39 is 15.9 Å². The number of carbonyl (C=O) groups is 1. The van der Waals surface area contributed by atoms with Gasteiger partial charge in [0, 0.05) is 7.05 Å². The largest absolute Gasteiger partial charge is 0.496 e. The number of amides is 1. The fourth-order valence-corrected chi connectivity index (χ4v) is 3.99. The van der Waals surface area contributed by atoms with Crippen molar-refractivity contribution in [3.8, 4) is 5.75 Å². The van der Waals surface area contributed by atoms with Crippen LogP contribution in [0.3, 0.4) is 0 Å². The number of carbonyl (C=O) groups excluding carboxylic acids is 1. The molecule has 0 spiro atoms. The Morgan fingerprint density at radius 2 is 1.87 bits per heavy atom. The first-order valence-corrected chi connectivity index (χ1v) is 8.73. The Balaban J connectivity index is 2.52. The smallest absolute Gasteiger partial charge is 0.264 e. The number of hydrogen-bond donors (Lipinski definition) is 1. The lowest BCUT2D eigenvalue weighted by molar-refractivity contribution is 0.100. The van der Waals surface area contributed by atoms with Gasteiger partial charge in [0.2, 0.25) is 0 Å². The van der Waals surface area contributed by atoms with Crippen molar-refractivity contribution in [1.29, 1.82) is 0 Å². The van der Waals surface area contributed by atoms with Crippen LogP contribution in [0.2, 0.25) is 0 Å². The molecule has 6 nitrogen and oxygen atoms in total. The van der Waals surface area contributed by atoms with Gasteiger partial charge in [-0.1, -0.05) is 12.1 Å². The monoisotopic (exact) mass is 398 g/mol. The van der Waals surface area contributed by atoms with Crippen LogP contribution in [-0.2, 0) is 10.0 Å². The topological polar surface area (TPSA) is 89.7 Å². The molecule has 122 valence electrons. The quantitative estimate of drug-likeness (QED) is 0.836. The standard InChI is InChI=1S/C15H15BrN2O4S/c1-18(13-6-4-3-5-11(13)15(17)19)23(20,21)10-7-8-14(22-2)12(16)9-10/h3-9H,1-2H3,(H2,17,19). The molecule has 1 amide bonds. The summed E-state index contributed by atoms with van der Waals surface area (Å²) in [6.45, 7) is 0. The molecule has 0 unspecified atom stereocenters. The van der Waals surface area contributed by atoms with Crippen molar-refractivity contribution in [2.24, 2.45) is 5.73 Å². The highest BCUT2D eigenvalue weighted by Crippen LogP contribution is 2.30. The third-order valence-electron chi connectivity index (χ3n) is 3.29. The summed E-state index contributed by atoms with van der Waals surface area (Å²) >= 11 is 3.26. The number of hydrogen-bond acceptors (Lipinski definition) is 4. The van der Waals surface area contributed by atoms with E-state index in [1.807, 2.05) is 0 Å². The predicted molar refractivity (Wildman–Crippen MR) is 91.2 cm³/mol. The number of sulfonamides is 1. The summed E-state index contributed by atoms with van der Waals surface area (Å²) in [5.74, 6) is -0.178. The fourth-order valence-electron chi connectivity index (χ4n) is 2.05. The van der Waals surface area contributed by atoms with E-state index in [0.29, 0.717) is 10.2 Å². The second-order valence-corrected chi connectivity index (χ2v) is 7.47. The molecule has 8 heteroatoms. The first kappa shape index (κ1) is 17.3. The molecule has 0 fully saturated rings. The molecule has 0 aromatic heterocycles. The van der Waals surface area contributed by atoms with E-state index in [-0.39, 0.29) is 16.1 Å². The van der Waals surface area contributed by atoms with Gasteiger partial charge in [-0.25, -0.2) is 8.42 Å². The van der Waals surface area contributed by atoms with Crippen LogP contribution in [0.1, 0.15) is 10.4 Å². The molecular weight excluding hydrogens is 384 g/mol. The lowest BCUT2D eigenvalue weighted by Crippen LogP contribution is -2.29. The Morgan fingerprint density at radius 3 is 2.43 bits per heavy atom. The van der Waals surface area contributed by atoms with Crippen molar-refractivity contribution in [3.05, 3.63) is 52.5 Å². The lowest BCUT2D eigenvalue weighted by atomic mass is 10.2. The highest BCUT2D eigenvalue weighted by molar-refractivity contribution is 9.10. The second-order valence-electron chi connectivity index (χ2n) is 4.65. The zero-order valence-electron chi connectivity index (χ0n) is 12.5. The molecule has 2 aromatic carbocycles. The molecule has 0 aliphatic heterocycles. The van der Waals surface area contributed by atoms with Crippen molar-refractivity contribution in [3.63, 3.8) is 0 Å². The summed E-state index contributed by atoms with van der Waals surface area (Å²) in [6.07, 6.45) is 0. The fraction of sp³-hybridized carbons (Fsp3) is 0.133. The van der Waals surface area contributed by atoms with E-state index in [1.54, 1.807) is 18.2 Å². The molecule has 0 aliphatic carbocycles. The summed E-state index contributed by atoms with van der Waals surface area (Å²) in [5, 5.41) is 0. The lowest BCUT2D eigenvalue weighted by Gasteiger charge is -2.21. The van der Waals surface area contributed by atoms with Gasteiger partial charge < -0.3 is 10.5 Å². The zero-order chi connectivity index (χ0) is 17.2. The highest BCUT2D eigenvalue weighted by atomic mass is 79.9. The highest BCUT2D eigenvalue weighted by Gasteiger charge is 2.25. The minimum atomic E-state index is -3.86. The molecular formula is C15H15BrN2O4S. The number of anilines is 1. The van der Waals surface area contributed by atoms with Gasteiger partial charge in [-0.15, -0.1) is 0 Å². The second kappa shape index (κ2) is 6.59. The number of halogens is 1. The van der Waals surface area contributed by atoms with Gasteiger partial charge in [0.1, 0.15) is 5.75 Å². The third kappa shape index (κ3) is 3.32. The Morgan fingerprint density at radius 1 is 1.22 bits per heavy atom. The normalized spacial score (nSPS) is 11.1. The SMILES string of the molecule is COc1ccc(S(=O)(=O)N(C)c2ccccc2C(N)=O)cc1Br. The minimum absolute atomic E-state index is 0.0620. The number of rotatable bonds is 5. The van der Waals surface area contributed by atoms with Crippen LogP contribution < -0.4 is 14.8 Å². The van der Waals surface area contributed by atoms with Gasteiger partial charge in [0.25, 0.3) is 15.9 Å². The summed E-state index contributed by atoms with van der Waals surface area (Å²) in [5.41, 5.74) is 5.66. The molecule has 0 heterocycles. The van der Waals surface area contributed by atoms with Crippen LogP contribution in [-0.4, -0.2) is 28.5 Å². The molecule has 2 rings (SSSR count). The Hall–Kier alpha value is -2.06. The van der Waals surface area contributed by atoms with Gasteiger partial charge in [0.05, 0.1) is 27.7 Å². The molecule has 2 N–H and O–H groups in total. The van der Waals surface area contributed by atoms with E-state index in [2.05, 4.69) is 15.9 Å². The molecule has 0 aliphatic rings. The molecule has 0 saturated carbocycles. The van der Waals surface area contributed by atoms with E-state index >= 15 is 0 Å². The maximum Gasteiger partial charge on any atom is 0.264 e. The van der Waals surface area contributed by atoms with Crippen LogP contribution in [0.25, 0.3) is 0 Å². The summed E-state index contributed by atoms with van der Waals surface area (Å²) in [6, 6.07) is 10.7. The first-order chi connectivity index (χ1) is 10.8. The van der Waals surface area contributed by atoms with E-state index in [0.717, 1.165) is 4.31 Å².